The van der Waals surface area contributed by atoms with Gasteiger partial charge in [-0.3, -0.25) is 9.69 Å². The van der Waals surface area contributed by atoms with Crippen molar-refractivity contribution in [2.24, 2.45) is 11.7 Å². The van der Waals surface area contributed by atoms with Crippen molar-refractivity contribution in [2.45, 2.75) is 38.9 Å². The van der Waals surface area contributed by atoms with Crippen LogP contribution in [0.4, 0.5) is 8.78 Å². The highest BCUT2D eigenvalue weighted by molar-refractivity contribution is 6.00. The number of alkyl halides is 1. The number of carbonyl (C=O) groups excluding carboxylic acids is 1. The van der Waals surface area contributed by atoms with Crippen LogP contribution in [0.25, 0.3) is 22.0 Å². The molecule has 1 saturated heterocycles. The molecule has 162 valence electrons. The summed E-state index contributed by atoms with van der Waals surface area (Å²) < 4.78 is 27.8. The fourth-order valence-corrected chi connectivity index (χ4v) is 4.38. The summed E-state index contributed by atoms with van der Waals surface area (Å²) >= 11 is 0. The number of halogens is 2. The average Bonchev–Trinajstić information content (AvgIpc) is 2.73. The van der Waals surface area contributed by atoms with Crippen LogP contribution in [0, 0.1) is 11.7 Å². The number of carbonyl (C=O) groups is 1. The summed E-state index contributed by atoms with van der Waals surface area (Å²) in [5.74, 6) is -0.915. The van der Waals surface area contributed by atoms with Crippen LogP contribution in [0.5, 0.6) is 0 Å². The molecule has 1 aromatic heterocycles. The number of piperidine rings is 1. The van der Waals surface area contributed by atoms with Crippen molar-refractivity contribution in [1.82, 2.24) is 9.88 Å². The molecule has 0 bridgehead atoms. The third kappa shape index (κ3) is 4.74. The van der Waals surface area contributed by atoms with Crippen LogP contribution in [0.3, 0.4) is 0 Å². The smallest absolute Gasteiger partial charge is 0.267 e. The third-order valence-electron chi connectivity index (χ3n) is 6.16. The predicted molar refractivity (Wildman–Crippen MR) is 119 cm³/mol. The molecule has 1 fully saturated rings. The van der Waals surface area contributed by atoms with E-state index in [1.54, 1.807) is 32.0 Å². The lowest BCUT2D eigenvalue weighted by Crippen LogP contribution is -2.42. The molecule has 4 nitrogen and oxygen atoms in total. The molecular formula is C25H27F2N3O. The van der Waals surface area contributed by atoms with E-state index in [9.17, 15) is 13.6 Å². The zero-order valence-corrected chi connectivity index (χ0v) is 17.9. The zero-order chi connectivity index (χ0) is 22.2. The normalized spacial score (nSPS) is 17.7. The Kier molecular flexibility index (Phi) is 5.75. The quantitative estimate of drug-likeness (QED) is 0.621. The van der Waals surface area contributed by atoms with Crippen LogP contribution in [-0.2, 0) is 6.54 Å². The molecule has 1 amide bonds. The first-order valence-electron chi connectivity index (χ1n) is 10.6. The number of likely N-dealkylation sites (tertiary alicyclic amines) is 1. The molecule has 0 saturated carbocycles. The number of hydrogen-bond donors (Lipinski definition) is 1. The number of aromatic nitrogens is 1. The van der Waals surface area contributed by atoms with Gasteiger partial charge in [-0.25, -0.2) is 13.8 Å². The molecule has 6 heteroatoms. The number of benzene rings is 2. The Morgan fingerprint density at radius 1 is 1.19 bits per heavy atom. The second-order valence-electron chi connectivity index (χ2n) is 8.92. The Hall–Kier alpha value is -2.86. The summed E-state index contributed by atoms with van der Waals surface area (Å²) in [4.78, 5) is 18.6. The van der Waals surface area contributed by atoms with E-state index in [0.717, 1.165) is 48.0 Å². The molecule has 1 atom stereocenters. The number of hydrogen-bond acceptors (Lipinski definition) is 3. The molecular weight excluding hydrogens is 396 g/mol. The van der Waals surface area contributed by atoms with E-state index in [4.69, 9.17) is 5.73 Å². The van der Waals surface area contributed by atoms with Crippen molar-refractivity contribution in [2.75, 3.05) is 13.1 Å². The Labute approximate surface area is 181 Å². The second-order valence-corrected chi connectivity index (χ2v) is 8.92. The Morgan fingerprint density at radius 3 is 2.61 bits per heavy atom. The van der Waals surface area contributed by atoms with Gasteiger partial charge in [-0.1, -0.05) is 24.3 Å². The van der Waals surface area contributed by atoms with Gasteiger partial charge >= 0.3 is 0 Å². The number of nitrogens with two attached hydrogens (primary N) is 1. The first-order chi connectivity index (χ1) is 14.7. The third-order valence-corrected chi connectivity index (χ3v) is 6.16. The minimum absolute atomic E-state index is 0.0198. The van der Waals surface area contributed by atoms with Gasteiger partial charge in [-0.15, -0.1) is 0 Å². The summed E-state index contributed by atoms with van der Waals surface area (Å²) in [5.41, 5.74) is 7.76. The molecule has 0 aliphatic carbocycles. The van der Waals surface area contributed by atoms with Crippen LogP contribution >= 0.6 is 0 Å². The highest BCUT2D eigenvalue weighted by atomic mass is 19.1. The Bertz CT molecular complexity index is 1110. The molecule has 2 heterocycles. The lowest BCUT2D eigenvalue weighted by Gasteiger charge is -2.37. The molecule has 0 spiro atoms. The van der Waals surface area contributed by atoms with Gasteiger partial charge in [-0.05, 0) is 74.2 Å². The second kappa shape index (κ2) is 8.35. The summed E-state index contributed by atoms with van der Waals surface area (Å²) in [6, 6.07) is 13.7. The number of nitrogens with zero attached hydrogens (tertiary/aromatic N) is 2. The van der Waals surface area contributed by atoms with Crippen molar-refractivity contribution in [3.8, 4) is 11.1 Å². The van der Waals surface area contributed by atoms with Gasteiger partial charge in [0, 0.05) is 24.4 Å². The van der Waals surface area contributed by atoms with Crippen LogP contribution < -0.4 is 5.73 Å². The summed E-state index contributed by atoms with van der Waals surface area (Å²) in [6.45, 7) is 5.65. The van der Waals surface area contributed by atoms with E-state index in [2.05, 4.69) is 9.88 Å². The van der Waals surface area contributed by atoms with E-state index in [1.807, 2.05) is 18.2 Å². The molecule has 3 aromatic rings. The maximum absolute atomic E-state index is 14.4. The molecule has 31 heavy (non-hydrogen) atoms. The van der Waals surface area contributed by atoms with E-state index in [0.29, 0.717) is 12.1 Å². The van der Waals surface area contributed by atoms with Gasteiger partial charge in [0.1, 0.15) is 17.2 Å². The summed E-state index contributed by atoms with van der Waals surface area (Å²) in [6.07, 6.45) is 1.88. The van der Waals surface area contributed by atoms with E-state index >= 15 is 0 Å². The van der Waals surface area contributed by atoms with Crippen molar-refractivity contribution in [3.63, 3.8) is 0 Å². The monoisotopic (exact) mass is 423 g/mol. The number of pyridine rings is 1. The summed E-state index contributed by atoms with van der Waals surface area (Å²) in [5, 5.41) is 0.863. The van der Waals surface area contributed by atoms with Crippen molar-refractivity contribution < 1.29 is 13.6 Å². The van der Waals surface area contributed by atoms with E-state index < -0.39 is 11.6 Å². The van der Waals surface area contributed by atoms with Gasteiger partial charge in [0.2, 0.25) is 0 Å². The number of primary amides is 1. The molecule has 4 rings (SSSR count). The standard InChI is InChI=1S/C25H27F2N3O/c1-25(2,27)18-4-3-11-30(15-18)14-16-5-10-20-21(17-6-8-19(26)9-7-17)13-23(24(28)31)29-22(20)12-16/h5-10,12-13,18H,3-4,11,14-15H2,1-2H3,(H2,28,31). The van der Waals surface area contributed by atoms with Crippen molar-refractivity contribution in [3.05, 3.63) is 65.6 Å². The Balaban J connectivity index is 1.68. The number of amides is 1. The highest BCUT2D eigenvalue weighted by Gasteiger charge is 2.33. The zero-order valence-electron chi connectivity index (χ0n) is 17.9. The minimum Gasteiger partial charge on any atom is -0.364 e. The van der Waals surface area contributed by atoms with Crippen LogP contribution in [-0.4, -0.2) is 34.5 Å². The largest absolute Gasteiger partial charge is 0.364 e. The lowest BCUT2D eigenvalue weighted by molar-refractivity contribution is 0.0498. The van der Waals surface area contributed by atoms with Gasteiger partial charge in [0.25, 0.3) is 5.91 Å². The van der Waals surface area contributed by atoms with E-state index in [1.165, 1.54) is 12.1 Å². The fraction of sp³-hybridized carbons (Fsp3) is 0.360. The van der Waals surface area contributed by atoms with E-state index in [-0.39, 0.29) is 17.4 Å². The minimum atomic E-state index is -1.19. The molecule has 0 radical (unpaired) electrons. The van der Waals surface area contributed by atoms with Crippen LogP contribution in [0.1, 0.15) is 42.7 Å². The molecule has 1 aliphatic rings. The number of fused-ring (bicyclic) bond motifs is 1. The van der Waals surface area contributed by atoms with Crippen LogP contribution in [0.2, 0.25) is 0 Å². The maximum atomic E-state index is 14.4. The first-order valence-corrected chi connectivity index (χ1v) is 10.6. The van der Waals surface area contributed by atoms with Crippen molar-refractivity contribution in [1.29, 1.82) is 0 Å². The Morgan fingerprint density at radius 2 is 1.94 bits per heavy atom. The fourth-order valence-electron chi connectivity index (χ4n) is 4.38. The average molecular weight is 424 g/mol. The molecule has 2 aromatic carbocycles. The molecule has 2 N–H and O–H groups in total. The van der Waals surface area contributed by atoms with Gasteiger partial charge in [0.15, 0.2) is 0 Å². The van der Waals surface area contributed by atoms with Crippen LogP contribution in [0.15, 0.2) is 48.5 Å². The molecule has 1 unspecified atom stereocenters. The van der Waals surface area contributed by atoms with Gasteiger partial charge < -0.3 is 5.73 Å². The molecule has 1 aliphatic heterocycles. The number of rotatable bonds is 5. The topological polar surface area (TPSA) is 59.2 Å². The maximum Gasteiger partial charge on any atom is 0.267 e. The highest BCUT2D eigenvalue weighted by Crippen LogP contribution is 2.32. The van der Waals surface area contributed by atoms with Gasteiger partial charge in [0.05, 0.1) is 5.52 Å². The van der Waals surface area contributed by atoms with Gasteiger partial charge in [-0.2, -0.15) is 0 Å². The van der Waals surface area contributed by atoms with Crippen molar-refractivity contribution >= 4 is 16.8 Å². The first kappa shape index (κ1) is 21.4. The lowest BCUT2D eigenvalue weighted by atomic mass is 9.85. The predicted octanol–water partition coefficient (Wildman–Crippen LogP) is 5.10. The SMILES string of the molecule is CC(C)(F)C1CCCN(Cc2ccc3c(-c4ccc(F)cc4)cc(C(N)=O)nc3c2)C1. The summed E-state index contributed by atoms with van der Waals surface area (Å²) in [7, 11) is 0.